The molecule has 5 nitrogen and oxygen atoms in total. The summed E-state index contributed by atoms with van der Waals surface area (Å²) in [4.78, 5) is 4.22. The maximum atomic E-state index is 5.71. The standard InChI is InChI=1S/C9H20N4O/c1-8(2)7-11-9(10)12-13-3-5-14-6-4-13/h8H,3-7H2,1-2H3,(H3,10,11,12). The van der Waals surface area contributed by atoms with E-state index in [0.717, 1.165) is 32.8 Å². The molecule has 1 rings (SSSR count). The molecular weight excluding hydrogens is 180 g/mol. The highest BCUT2D eigenvalue weighted by molar-refractivity contribution is 5.77. The number of hydrogen-bond donors (Lipinski definition) is 2. The second-order valence-corrected chi connectivity index (χ2v) is 3.83. The van der Waals surface area contributed by atoms with E-state index in [4.69, 9.17) is 10.5 Å². The molecule has 1 aliphatic heterocycles. The molecule has 0 radical (unpaired) electrons. The van der Waals surface area contributed by atoms with Gasteiger partial charge in [-0.3, -0.25) is 10.4 Å². The molecule has 1 fully saturated rings. The molecule has 0 aromatic carbocycles. The lowest BCUT2D eigenvalue weighted by Gasteiger charge is -2.27. The summed E-state index contributed by atoms with van der Waals surface area (Å²) in [5.74, 6) is 1.04. The number of nitrogens with two attached hydrogens (primary N) is 1. The summed E-state index contributed by atoms with van der Waals surface area (Å²) < 4.78 is 5.22. The Morgan fingerprint density at radius 2 is 2.14 bits per heavy atom. The molecule has 0 bridgehead atoms. The van der Waals surface area contributed by atoms with E-state index >= 15 is 0 Å². The van der Waals surface area contributed by atoms with Crippen LogP contribution in [0.5, 0.6) is 0 Å². The van der Waals surface area contributed by atoms with Crippen molar-refractivity contribution in [2.75, 3.05) is 32.8 Å². The normalized spacial score (nSPS) is 20.1. The average Bonchev–Trinajstić information content (AvgIpc) is 2.16. The minimum absolute atomic E-state index is 0.501. The van der Waals surface area contributed by atoms with Crippen molar-refractivity contribution >= 4 is 5.96 Å². The highest BCUT2D eigenvalue weighted by atomic mass is 16.5. The van der Waals surface area contributed by atoms with Crippen molar-refractivity contribution in [1.29, 1.82) is 0 Å². The summed E-state index contributed by atoms with van der Waals surface area (Å²) in [5.41, 5.74) is 8.76. The fraction of sp³-hybridized carbons (Fsp3) is 0.889. The van der Waals surface area contributed by atoms with Crippen molar-refractivity contribution in [3.63, 3.8) is 0 Å². The molecule has 0 atom stereocenters. The molecule has 3 N–H and O–H groups in total. The van der Waals surface area contributed by atoms with Gasteiger partial charge in [-0.15, -0.1) is 0 Å². The number of rotatable bonds is 3. The molecular formula is C9H20N4O. The van der Waals surface area contributed by atoms with E-state index in [1.54, 1.807) is 0 Å². The second-order valence-electron chi connectivity index (χ2n) is 3.83. The molecule has 14 heavy (non-hydrogen) atoms. The van der Waals surface area contributed by atoms with E-state index in [9.17, 15) is 0 Å². The highest BCUT2D eigenvalue weighted by Gasteiger charge is 2.09. The van der Waals surface area contributed by atoms with Crippen LogP contribution in [-0.2, 0) is 4.74 Å². The maximum Gasteiger partial charge on any atom is 0.203 e. The smallest absolute Gasteiger partial charge is 0.203 e. The summed E-state index contributed by atoms with van der Waals surface area (Å²) in [5, 5.41) is 2.03. The molecule has 5 heteroatoms. The molecule has 0 aliphatic carbocycles. The summed E-state index contributed by atoms with van der Waals surface area (Å²) in [6, 6.07) is 0. The Kier molecular flexibility index (Phi) is 4.69. The molecule has 0 aromatic rings. The highest BCUT2D eigenvalue weighted by Crippen LogP contribution is 1.93. The van der Waals surface area contributed by atoms with Gasteiger partial charge in [0.2, 0.25) is 5.96 Å². The SMILES string of the molecule is CC(C)CN=C(N)NN1CCOCC1. The maximum absolute atomic E-state index is 5.71. The molecule has 1 saturated heterocycles. The van der Waals surface area contributed by atoms with Crippen molar-refractivity contribution in [3.05, 3.63) is 0 Å². The monoisotopic (exact) mass is 200 g/mol. The zero-order valence-corrected chi connectivity index (χ0v) is 8.99. The predicted molar refractivity (Wildman–Crippen MR) is 56.9 cm³/mol. The van der Waals surface area contributed by atoms with Gasteiger partial charge in [-0.2, -0.15) is 0 Å². The van der Waals surface area contributed by atoms with Crippen molar-refractivity contribution in [2.24, 2.45) is 16.6 Å². The van der Waals surface area contributed by atoms with E-state index in [1.807, 2.05) is 5.01 Å². The van der Waals surface area contributed by atoms with Crippen LogP contribution in [-0.4, -0.2) is 43.8 Å². The van der Waals surface area contributed by atoms with Crippen molar-refractivity contribution in [3.8, 4) is 0 Å². The molecule has 0 spiro atoms. The van der Waals surface area contributed by atoms with Gasteiger partial charge < -0.3 is 10.5 Å². The first-order valence-electron chi connectivity index (χ1n) is 5.07. The number of aliphatic imine (C=N–C) groups is 1. The Morgan fingerprint density at radius 3 is 2.71 bits per heavy atom. The van der Waals surface area contributed by atoms with Gasteiger partial charge in [0.15, 0.2) is 0 Å². The molecule has 0 unspecified atom stereocenters. The average molecular weight is 200 g/mol. The third-order valence-corrected chi connectivity index (χ3v) is 1.91. The molecule has 82 valence electrons. The van der Waals surface area contributed by atoms with Crippen LogP contribution in [0.3, 0.4) is 0 Å². The van der Waals surface area contributed by atoms with Crippen LogP contribution >= 0.6 is 0 Å². The third kappa shape index (κ3) is 4.43. The Hall–Kier alpha value is -0.810. The van der Waals surface area contributed by atoms with Crippen LogP contribution in [0.15, 0.2) is 4.99 Å². The Balaban J connectivity index is 2.24. The Labute approximate surface area is 85.3 Å². The van der Waals surface area contributed by atoms with Gasteiger partial charge in [-0.05, 0) is 5.92 Å². The minimum Gasteiger partial charge on any atom is -0.379 e. The van der Waals surface area contributed by atoms with Crippen molar-refractivity contribution in [2.45, 2.75) is 13.8 Å². The van der Waals surface area contributed by atoms with Gasteiger partial charge in [-0.1, -0.05) is 13.8 Å². The molecule has 1 aliphatic rings. The quantitative estimate of drug-likeness (QED) is 0.489. The Bertz CT molecular complexity index is 187. The molecule has 0 aromatic heterocycles. The van der Waals surface area contributed by atoms with Crippen LogP contribution in [0.2, 0.25) is 0 Å². The largest absolute Gasteiger partial charge is 0.379 e. The first-order chi connectivity index (χ1) is 6.68. The zero-order chi connectivity index (χ0) is 10.4. The predicted octanol–water partition coefficient (Wildman–Crippen LogP) is -0.206. The summed E-state index contributed by atoms with van der Waals surface area (Å²) in [6.07, 6.45) is 0. The van der Waals surface area contributed by atoms with Gasteiger partial charge in [0.1, 0.15) is 0 Å². The number of nitrogens with zero attached hydrogens (tertiary/aromatic N) is 2. The van der Waals surface area contributed by atoms with E-state index < -0.39 is 0 Å². The zero-order valence-electron chi connectivity index (χ0n) is 8.99. The second kappa shape index (κ2) is 5.82. The summed E-state index contributed by atoms with van der Waals surface area (Å²) in [6.45, 7) is 8.23. The lowest BCUT2D eigenvalue weighted by Crippen LogP contribution is -2.51. The fourth-order valence-electron chi connectivity index (χ4n) is 1.15. The van der Waals surface area contributed by atoms with Gasteiger partial charge in [-0.25, -0.2) is 5.01 Å². The van der Waals surface area contributed by atoms with Gasteiger partial charge in [0.25, 0.3) is 0 Å². The van der Waals surface area contributed by atoms with Crippen LogP contribution in [0.25, 0.3) is 0 Å². The molecule has 1 heterocycles. The number of ether oxygens (including phenoxy) is 1. The van der Waals surface area contributed by atoms with E-state index in [-0.39, 0.29) is 0 Å². The number of hydrogen-bond acceptors (Lipinski definition) is 3. The molecule has 0 saturated carbocycles. The van der Waals surface area contributed by atoms with E-state index in [2.05, 4.69) is 24.3 Å². The first-order valence-corrected chi connectivity index (χ1v) is 5.07. The van der Waals surface area contributed by atoms with Crippen LogP contribution < -0.4 is 11.2 Å². The minimum atomic E-state index is 0.501. The number of guanidine groups is 1. The number of hydrazine groups is 1. The topological polar surface area (TPSA) is 62.9 Å². The van der Waals surface area contributed by atoms with E-state index in [1.165, 1.54) is 0 Å². The fourth-order valence-corrected chi connectivity index (χ4v) is 1.15. The van der Waals surface area contributed by atoms with Crippen molar-refractivity contribution < 1.29 is 4.74 Å². The van der Waals surface area contributed by atoms with E-state index in [0.29, 0.717) is 11.9 Å². The Morgan fingerprint density at radius 1 is 1.50 bits per heavy atom. The van der Waals surface area contributed by atoms with Gasteiger partial charge in [0.05, 0.1) is 13.2 Å². The molecule has 0 amide bonds. The number of nitrogens with one attached hydrogen (secondary N) is 1. The van der Waals surface area contributed by atoms with Gasteiger partial charge in [0, 0.05) is 19.6 Å². The van der Waals surface area contributed by atoms with Crippen LogP contribution in [0.1, 0.15) is 13.8 Å². The third-order valence-electron chi connectivity index (χ3n) is 1.91. The lowest BCUT2D eigenvalue weighted by atomic mass is 10.2. The lowest BCUT2D eigenvalue weighted by molar-refractivity contribution is 0.0245. The van der Waals surface area contributed by atoms with Gasteiger partial charge >= 0.3 is 0 Å². The van der Waals surface area contributed by atoms with Crippen LogP contribution in [0, 0.1) is 5.92 Å². The summed E-state index contributed by atoms with van der Waals surface area (Å²) >= 11 is 0. The first kappa shape index (κ1) is 11.3. The summed E-state index contributed by atoms with van der Waals surface area (Å²) in [7, 11) is 0. The van der Waals surface area contributed by atoms with Crippen LogP contribution in [0.4, 0.5) is 0 Å². The van der Waals surface area contributed by atoms with Crippen molar-refractivity contribution in [1.82, 2.24) is 10.4 Å². The number of morpholine rings is 1.